The Balaban J connectivity index is 1.98. The van der Waals surface area contributed by atoms with E-state index in [9.17, 15) is 13.2 Å². The standard InChI is InChI=1S/C21H23NO4S/c1-3-7-20-18(14-17-8-5-4-6-9-17)15-26-21(23)22(20)27(24,25)19-12-10-16(2)11-13-19/h3-13,18,20H,14-15H2,1-2H3/b7-3+/t18-,20-/m0/s1. The van der Waals surface area contributed by atoms with Crippen molar-refractivity contribution in [1.82, 2.24) is 4.31 Å². The summed E-state index contributed by atoms with van der Waals surface area (Å²) in [6, 6.07) is 15.7. The van der Waals surface area contributed by atoms with E-state index in [4.69, 9.17) is 4.74 Å². The number of cyclic esters (lactones) is 1. The number of rotatable bonds is 5. The van der Waals surface area contributed by atoms with Crippen LogP contribution in [0.2, 0.25) is 0 Å². The maximum absolute atomic E-state index is 13.2. The zero-order valence-corrected chi connectivity index (χ0v) is 16.2. The zero-order chi connectivity index (χ0) is 19.4. The summed E-state index contributed by atoms with van der Waals surface area (Å²) in [4.78, 5) is 12.5. The Hall–Kier alpha value is -2.60. The third-order valence-corrected chi connectivity index (χ3v) is 6.44. The van der Waals surface area contributed by atoms with Gasteiger partial charge in [0.15, 0.2) is 0 Å². The van der Waals surface area contributed by atoms with Gasteiger partial charge in [-0.2, -0.15) is 4.31 Å². The molecule has 0 saturated carbocycles. The van der Waals surface area contributed by atoms with E-state index < -0.39 is 22.2 Å². The molecule has 142 valence electrons. The smallest absolute Gasteiger partial charge is 0.424 e. The van der Waals surface area contributed by atoms with Gasteiger partial charge in [0.25, 0.3) is 10.0 Å². The predicted molar refractivity (Wildman–Crippen MR) is 104 cm³/mol. The van der Waals surface area contributed by atoms with Gasteiger partial charge in [0, 0.05) is 5.92 Å². The molecule has 1 fully saturated rings. The van der Waals surface area contributed by atoms with Crippen LogP contribution in [-0.2, 0) is 21.2 Å². The van der Waals surface area contributed by atoms with E-state index in [1.165, 1.54) is 12.1 Å². The molecule has 1 saturated heterocycles. The van der Waals surface area contributed by atoms with Crippen molar-refractivity contribution in [3.05, 3.63) is 77.9 Å². The summed E-state index contributed by atoms with van der Waals surface area (Å²) >= 11 is 0. The minimum absolute atomic E-state index is 0.0833. The molecular weight excluding hydrogens is 362 g/mol. The highest BCUT2D eigenvalue weighted by Crippen LogP contribution is 2.30. The van der Waals surface area contributed by atoms with Crippen molar-refractivity contribution in [2.24, 2.45) is 5.92 Å². The highest BCUT2D eigenvalue weighted by molar-refractivity contribution is 7.89. The van der Waals surface area contributed by atoms with Crippen molar-refractivity contribution in [3.8, 4) is 0 Å². The van der Waals surface area contributed by atoms with E-state index in [-0.39, 0.29) is 17.4 Å². The largest absolute Gasteiger partial charge is 0.448 e. The molecule has 0 N–H and O–H groups in total. The summed E-state index contributed by atoms with van der Waals surface area (Å²) in [5.41, 5.74) is 2.02. The van der Waals surface area contributed by atoms with Gasteiger partial charge in [0.1, 0.15) is 0 Å². The molecule has 2 aromatic carbocycles. The van der Waals surface area contributed by atoms with E-state index in [0.29, 0.717) is 6.42 Å². The molecule has 0 radical (unpaired) electrons. The van der Waals surface area contributed by atoms with Gasteiger partial charge in [-0.25, -0.2) is 13.2 Å². The maximum atomic E-state index is 13.2. The molecule has 1 amide bonds. The van der Waals surface area contributed by atoms with Gasteiger partial charge in [-0.15, -0.1) is 0 Å². The molecule has 27 heavy (non-hydrogen) atoms. The number of ether oxygens (including phenoxy) is 1. The summed E-state index contributed by atoms with van der Waals surface area (Å²) < 4.78 is 32.5. The SMILES string of the molecule is C/C=C/[C@H]1[C@@H](Cc2ccccc2)COC(=O)N1S(=O)(=O)c1ccc(C)cc1. The fourth-order valence-corrected chi connectivity index (χ4v) is 4.78. The Kier molecular flexibility index (Phi) is 5.65. The Labute approximate surface area is 160 Å². The van der Waals surface area contributed by atoms with Gasteiger partial charge in [-0.1, -0.05) is 60.2 Å². The van der Waals surface area contributed by atoms with Crippen molar-refractivity contribution < 1.29 is 17.9 Å². The van der Waals surface area contributed by atoms with Gasteiger partial charge >= 0.3 is 6.09 Å². The zero-order valence-electron chi connectivity index (χ0n) is 15.4. The summed E-state index contributed by atoms with van der Waals surface area (Å²) in [5.74, 6) is -0.165. The van der Waals surface area contributed by atoms with Crippen molar-refractivity contribution in [2.75, 3.05) is 6.61 Å². The summed E-state index contributed by atoms with van der Waals surface area (Å²) in [6.45, 7) is 3.88. The molecule has 2 atom stereocenters. The maximum Gasteiger partial charge on any atom is 0.424 e. The van der Waals surface area contributed by atoms with E-state index in [1.807, 2.05) is 44.2 Å². The third kappa shape index (κ3) is 4.06. The molecule has 0 unspecified atom stereocenters. The second kappa shape index (κ2) is 7.96. The van der Waals surface area contributed by atoms with Gasteiger partial charge in [0.05, 0.1) is 17.5 Å². The second-order valence-electron chi connectivity index (χ2n) is 6.66. The number of sulfonamides is 1. The number of carbonyl (C=O) groups is 1. The second-order valence-corrected chi connectivity index (χ2v) is 8.47. The highest BCUT2D eigenvalue weighted by Gasteiger charge is 2.43. The Morgan fingerprint density at radius 3 is 2.41 bits per heavy atom. The number of hydrogen-bond donors (Lipinski definition) is 0. The fraction of sp³-hybridized carbons (Fsp3) is 0.286. The van der Waals surface area contributed by atoms with Crippen LogP contribution in [0.1, 0.15) is 18.1 Å². The molecule has 6 heteroatoms. The molecule has 0 spiro atoms. The average molecular weight is 385 g/mol. The van der Waals surface area contributed by atoms with Gasteiger partial charge in [-0.05, 0) is 38.0 Å². The summed E-state index contributed by atoms with van der Waals surface area (Å²) in [5, 5.41) is 0. The lowest BCUT2D eigenvalue weighted by Gasteiger charge is -2.38. The normalized spacial score (nSPS) is 20.7. The minimum atomic E-state index is -4.02. The Morgan fingerprint density at radius 1 is 1.11 bits per heavy atom. The number of nitrogens with zero attached hydrogens (tertiary/aromatic N) is 1. The van der Waals surface area contributed by atoms with Crippen molar-refractivity contribution in [3.63, 3.8) is 0 Å². The quantitative estimate of drug-likeness (QED) is 0.732. The molecule has 1 heterocycles. The number of benzene rings is 2. The molecule has 0 aromatic heterocycles. The third-order valence-electron chi connectivity index (χ3n) is 4.66. The molecule has 0 bridgehead atoms. The number of amides is 1. The van der Waals surface area contributed by atoms with Crippen LogP contribution in [0, 0.1) is 12.8 Å². The van der Waals surface area contributed by atoms with E-state index in [1.54, 1.807) is 24.3 Å². The van der Waals surface area contributed by atoms with Crippen LogP contribution in [0.25, 0.3) is 0 Å². The van der Waals surface area contributed by atoms with Crippen molar-refractivity contribution >= 4 is 16.1 Å². The van der Waals surface area contributed by atoms with Crippen LogP contribution in [0.3, 0.4) is 0 Å². The Bertz CT molecular complexity index is 920. The molecule has 1 aliphatic rings. The number of hydrogen-bond acceptors (Lipinski definition) is 4. The molecule has 5 nitrogen and oxygen atoms in total. The van der Waals surface area contributed by atoms with E-state index in [0.717, 1.165) is 15.4 Å². The van der Waals surface area contributed by atoms with Crippen LogP contribution >= 0.6 is 0 Å². The lowest BCUT2D eigenvalue weighted by atomic mass is 9.91. The molecule has 1 aliphatic heterocycles. The predicted octanol–water partition coefficient (Wildman–Crippen LogP) is 3.94. The molecule has 2 aromatic rings. The fourth-order valence-electron chi connectivity index (χ4n) is 3.26. The van der Waals surface area contributed by atoms with Crippen LogP contribution < -0.4 is 0 Å². The minimum Gasteiger partial charge on any atom is -0.448 e. The van der Waals surface area contributed by atoms with Crippen LogP contribution in [0.15, 0.2) is 71.6 Å². The van der Waals surface area contributed by atoms with E-state index >= 15 is 0 Å². The van der Waals surface area contributed by atoms with Gasteiger partial charge in [-0.3, -0.25) is 0 Å². The van der Waals surface area contributed by atoms with Gasteiger partial charge in [0.2, 0.25) is 0 Å². The number of carbonyl (C=O) groups excluding carboxylic acids is 1. The van der Waals surface area contributed by atoms with E-state index in [2.05, 4.69) is 0 Å². The first-order valence-electron chi connectivity index (χ1n) is 8.88. The molecule has 0 aliphatic carbocycles. The van der Waals surface area contributed by atoms with Crippen LogP contribution in [0.5, 0.6) is 0 Å². The van der Waals surface area contributed by atoms with Crippen LogP contribution in [0.4, 0.5) is 4.79 Å². The first kappa shape index (κ1) is 19.2. The van der Waals surface area contributed by atoms with Crippen LogP contribution in [-0.4, -0.2) is 31.5 Å². The Morgan fingerprint density at radius 2 is 1.78 bits per heavy atom. The first-order valence-corrected chi connectivity index (χ1v) is 10.3. The average Bonchev–Trinajstić information content (AvgIpc) is 2.65. The topological polar surface area (TPSA) is 63.7 Å². The van der Waals surface area contributed by atoms with Crippen molar-refractivity contribution in [1.29, 1.82) is 0 Å². The number of aryl methyl sites for hydroxylation is 1. The summed E-state index contributed by atoms with van der Waals surface area (Å²) in [6.07, 6.45) is 3.32. The van der Waals surface area contributed by atoms with Crippen molar-refractivity contribution in [2.45, 2.75) is 31.2 Å². The lowest BCUT2D eigenvalue weighted by Crippen LogP contribution is -2.53. The molecular formula is C21H23NO4S. The molecule has 3 rings (SSSR count). The highest BCUT2D eigenvalue weighted by atomic mass is 32.2. The first-order chi connectivity index (χ1) is 12.9. The lowest BCUT2D eigenvalue weighted by molar-refractivity contribution is 0.0544. The van der Waals surface area contributed by atoms with Gasteiger partial charge < -0.3 is 4.74 Å². The number of allylic oxidation sites excluding steroid dienone is 1. The monoisotopic (exact) mass is 385 g/mol. The summed E-state index contributed by atoms with van der Waals surface area (Å²) in [7, 11) is -4.02.